The van der Waals surface area contributed by atoms with Gasteiger partial charge in [0.2, 0.25) is 0 Å². The number of hydrogen-bond acceptors (Lipinski definition) is 4. The van der Waals surface area contributed by atoms with E-state index in [-0.39, 0.29) is 13.0 Å². The Morgan fingerprint density at radius 1 is 1.65 bits per heavy atom. The first-order valence-corrected chi connectivity index (χ1v) is 5.05. The molecule has 0 aliphatic heterocycles. The lowest BCUT2D eigenvalue weighted by atomic mass is 10.2. The molecule has 1 amide bonds. The molecule has 1 rings (SSSR count). The van der Waals surface area contributed by atoms with Crippen LogP contribution < -0.4 is 5.32 Å². The third-order valence-electron chi connectivity index (χ3n) is 2.26. The fraction of sp³-hybridized carbons (Fsp3) is 0.500. The normalized spacial score (nSPS) is 12.1. The maximum atomic E-state index is 11.7. The highest BCUT2D eigenvalue weighted by Crippen LogP contribution is 1.99. The Morgan fingerprint density at radius 2 is 2.35 bits per heavy atom. The van der Waals surface area contributed by atoms with E-state index in [1.807, 2.05) is 0 Å². The number of nitrogens with one attached hydrogen (secondary N) is 1. The van der Waals surface area contributed by atoms with E-state index in [0.29, 0.717) is 5.69 Å². The predicted molar refractivity (Wildman–Crippen MR) is 58.6 cm³/mol. The molecule has 2 N–H and O–H groups in total. The summed E-state index contributed by atoms with van der Waals surface area (Å²) < 4.78 is 6.30. The second kappa shape index (κ2) is 6.00. The van der Waals surface area contributed by atoms with Crippen molar-refractivity contribution in [1.29, 1.82) is 0 Å². The standard InChI is InChI=1S/C10H15N3O4/c1-13-6-11-5-8(13)9(14)12-7(10(15)16)3-4-17-2/h5-7H,3-4H2,1-2H3,(H,12,14)(H,15,16). The van der Waals surface area contributed by atoms with Crippen LogP contribution in [0.25, 0.3) is 0 Å². The number of carboxylic acid groups (broad SMARTS) is 1. The average molecular weight is 241 g/mol. The largest absolute Gasteiger partial charge is 0.480 e. The monoisotopic (exact) mass is 241 g/mol. The highest BCUT2D eigenvalue weighted by atomic mass is 16.5. The molecule has 0 fully saturated rings. The molecule has 1 aromatic rings. The predicted octanol–water partition coefficient (Wildman–Crippen LogP) is -0.360. The highest BCUT2D eigenvalue weighted by Gasteiger charge is 2.21. The third-order valence-corrected chi connectivity index (χ3v) is 2.26. The van der Waals surface area contributed by atoms with Gasteiger partial charge in [0.25, 0.3) is 5.91 Å². The first-order valence-electron chi connectivity index (χ1n) is 5.05. The van der Waals surface area contributed by atoms with Crippen LogP contribution in [0.3, 0.4) is 0 Å². The molecule has 0 aliphatic rings. The Bertz CT molecular complexity index is 402. The lowest BCUT2D eigenvalue weighted by molar-refractivity contribution is -0.139. The van der Waals surface area contributed by atoms with E-state index >= 15 is 0 Å². The molecule has 0 saturated heterocycles. The van der Waals surface area contributed by atoms with Crippen molar-refractivity contribution in [2.24, 2.45) is 7.05 Å². The van der Waals surface area contributed by atoms with Crippen molar-refractivity contribution in [2.75, 3.05) is 13.7 Å². The van der Waals surface area contributed by atoms with E-state index in [1.165, 1.54) is 24.2 Å². The number of hydrogen-bond donors (Lipinski definition) is 2. The van der Waals surface area contributed by atoms with Gasteiger partial charge in [-0.05, 0) is 0 Å². The summed E-state index contributed by atoms with van der Waals surface area (Å²) >= 11 is 0. The molecule has 0 aliphatic carbocycles. The lowest BCUT2D eigenvalue weighted by Crippen LogP contribution is -2.42. The zero-order valence-electron chi connectivity index (χ0n) is 9.71. The summed E-state index contributed by atoms with van der Waals surface area (Å²) in [6.07, 6.45) is 3.07. The number of aromatic nitrogens is 2. The van der Waals surface area contributed by atoms with Gasteiger partial charge in [-0.3, -0.25) is 4.79 Å². The summed E-state index contributed by atoms with van der Waals surface area (Å²) in [6.45, 7) is 0.267. The van der Waals surface area contributed by atoms with Crippen LogP contribution in [0.1, 0.15) is 16.9 Å². The van der Waals surface area contributed by atoms with E-state index < -0.39 is 17.9 Å². The first-order chi connectivity index (χ1) is 8.06. The molecular formula is C10H15N3O4. The van der Waals surface area contributed by atoms with Gasteiger partial charge in [0.05, 0.1) is 12.5 Å². The topological polar surface area (TPSA) is 93.5 Å². The number of ether oxygens (including phenoxy) is 1. The average Bonchev–Trinajstić information content (AvgIpc) is 2.70. The number of imidazole rings is 1. The minimum atomic E-state index is -1.09. The van der Waals surface area contributed by atoms with E-state index in [2.05, 4.69) is 10.3 Å². The molecule has 1 unspecified atom stereocenters. The van der Waals surface area contributed by atoms with Crippen LogP contribution in [0, 0.1) is 0 Å². The van der Waals surface area contributed by atoms with Crippen molar-refractivity contribution >= 4 is 11.9 Å². The summed E-state index contributed by atoms with van der Waals surface area (Å²) in [5, 5.41) is 11.3. The summed E-state index contributed by atoms with van der Waals surface area (Å²) in [7, 11) is 3.13. The summed E-state index contributed by atoms with van der Waals surface area (Å²) in [4.78, 5) is 26.4. The maximum Gasteiger partial charge on any atom is 0.326 e. The molecule has 7 heteroatoms. The van der Waals surface area contributed by atoms with Crippen LogP contribution >= 0.6 is 0 Å². The summed E-state index contributed by atoms with van der Waals surface area (Å²) in [5.74, 6) is -1.55. The highest BCUT2D eigenvalue weighted by molar-refractivity contribution is 5.95. The van der Waals surface area contributed by atoms with Crippen molar-refractivity contribution in [3.63, 3.8) is 0 Å². The molecule has 1 atom stereocenters. The minimum Gasteiger partial charge on any atom is -0.480 e. The second-order valence-corrected chi connectivity index (χ2v) is 3.54. The molecule has 94 valence electrons. The SMILES string of the molecule is COCCC(NC(=O)c1cncn1C)C(=O)O. The third kappa shape index (κ3) is 3.56. The number of aryl methyl sites for hydroxylation is 1. The first kappa shape index (κ1) is 13.2. The number of carbonyl (C=O) groups excluding carboxylic acids is 1. The van der Waals surface area contributed by atoms with E-state index in [9.17, 15) is 9.59 Å². The van der Waals surface area contributed by atoms with Crippen molar-refractivity contribution in [1.82, 2.24) is 14.9 Å². The van der Waals surface area contributed by atoms with Gasteiger partial charge in [-0.1, -0.05) is 0 Å². The van der Waals surface area contributed by atoms with Crippen LogP contribution in [0.5, 0.6) is 0 Å². The fourth-order valence-electron chi connectivity index (χ4n) is 1.30. The number of aliphatic carboxylic acids is 1. The van der Waals surface area contributed by atoms with Gasteiger partial charge >= 0.3 is 5.97 Å². The number of carboxylic acids is 1. The van der Waals surface area contributed by atoms with Crippen LogP contribution in [-0.4, -0.2) is 46.3 Å². The van der Waals surface area contributed by atoms with Crippen molar-refractivity contribution in [3.8, 4) is 0 Å². The fourth-order valence-corrected chi connectivity index (χ4v) is 1.30. The van der Waals surface area contributed by atoms with Crippen LogP contribution in [0.4, 0.5) is 0 Å². The molecule has 0 spiro atoms. The van der Waals surface area contributed by atoms with Gasteiger partial charge in [0, 0.05) is 27.2 Å². The number of methoxy groups -OCH3 is 1. The molecule has 0 aromatic carbocycles. The molecule has 1 aromatic heterocycles. The van der Waals surface area contributed by atoms with Gasteiger partial charge in [-0.15, -0.1) is 0 Å². The minimum absolute atomic E-state index is 0.218. The van der Waals surface area contributed by atoms with Crippen molar-refractivity contribution in [3.05, 3.63) is 18.2 Å². The van der Waals surface area contributed by atoms with Crippen molar-refractivity contribution in [2.45, 2.75) is 12.5 Å². The van der Waals surface area contributed by atoms with Gasteiger partial charge < -0.3 is 19.7 Å². The smallest absolute Gasteiger partial charge is 0.326 e. The summed E-state index contributed by atoms with van der Waals surface area (Å²) in [6, 6.07) is -0.961. The number of carbonyl (C=O) groups is 2. The molecule has 1 heterocycles. The number of rotatable bonds is 6. The van der Waals surface area contributed by atoms with E-state index in [1.54, 1.807) is 7.05 Å². The van der Waals surface area contributed by atoms with Crippen LogP contribution in [-0.2, 0) is 16.6 Å². The molecule has 17 heavy (non-hydrogen) atoms. The number of nitrogens with zero attached hydrogens (tertiary/aromatic N) is 2. The zero-order valence-corrected chi connectivity index (χ0v) is 9.71. The van der Waals surface area contributed by atoms with Crippen molar-refractivity contribution < 1.29 is 19.4 Å². The molecule has 0 saturated carbocycles. The van der Waals surface area contributed by atoms with Gasteiger partial charge in [0.1, 0.15) is 11.7 Å². The van der Waals surface area contributed by atoms with Crippen LogP contribution in [0.15, 0.2) is 12.5 Å². The molecule has 0 radical (unpaired) electrons. The molecular weight excluding hydrogens is 226 g/mol. The number of amides is 1. The lowest BCUT2D eigenvalue weighted by Gasteiger charge is -2.13. The Hall–Kier alpha value is -1.89. The second-order valence-electron chi connectivity index (χ2n) is 3.54. The van der Waals surface area contributed by atoms with Gasteiger partial charge in [-0.25, -0.2) is 9.78 Å². The zero-order chi connectivity index (χ0) is 12.8. The Kier molecular flexibility index (Phi) is 4.65. The summed E-state index contributed by atoms with van der Waals surface area (Å²) in [5.41, 5.74) is 0.314. The van der Waals surface area contributed by atoms with Crippen LogP contribution in [0.2, 0.25) is 0 Å². The Balaban J connectivity index is 2.64. The van der Waals surface area contributed by atoms with E-state index in [4.69, 9.17) is 9.84 Å². The Labute approximate surface area is 98.4 Å². The van der Waals surface area contributed by atoms with Gasteiger partial charge in [-0.2, -0.15) is 0 Å². The van der Waals surface area contributed by atoms with Gasteiger partial charge in [0.15, 0.2) is 0 Å². The van der Waals surface area contributed by atoms with E-state index in [0.717, 1.165) is 0 Å². The molecule has 7 nitrogen and oxygen atoms in total. The quantitative estimate of drug-likeness (QED) is 0.709. The Morgan fingerprint density at radius 3 is 2.82 bits per heavy atom. The maximum absolute atomic E-state index is 11.7. The molecule has 0 bridgehead atoms.